The average molecular weight is 290 g/mol. The van der Waals surface area contributed by atoms with Crippen LogP contribution in [0.1, 0.15) is 35.2 Å². The molecule has 1 aromatic rings. The summed E-state index contributed by atoms with van der Waals surface area (Å²) in [6.45, 7) is 1.78. The van der Waals surface area contributed by atoms with Crippen molar-refractivity contribution in [2.45, 2.75) is 25.8 Å². The molecule has 1 aliphatic rings. The highest BCUT2D eigenvalue weighted by molar-refractivity contribution is 5.94. The van der Waals surface area contributed by atoms with Crippen LogP contribution in [0.3, 0.4) is 0 Å². The molecule has 1 aromatic carbocycles. The summed E-state index contributed by atoms with van der Waals surface area (Å²) in [4.78, 5) is 14.2. The Kier molecular flexibility index (Phi) is 5.76. The van der Waals surface area contributed by atoms with E-state index in [4.69, 9.17) is 0 Å². The van der Waals surface area contributed by atoms with Crippen LogP contribution in [0.4, 0.5) is 0 Å². The molecule has 4 nitrogen and oxygen atoms in total. The first-order valence-electron chi connectivity index (χ1n) is 7.73. The van der Waals surface area contributed by atoms with Gasteiger partial charge in [-0.1, -0.05) is 18.6 Å². The van der Waals surface area contributed by atoms with Crippen molar-refractivity contribution in [3.05, 3.63) is 35.4 Å². The predicted octanol–water partition coefficient (Wildman–Crippen LogP) is 1.89. The van der Waals surface area contributed by atoms with Gasteiger partial charge < -0.3 is 15.3 Å². The number of nitrogens with one attached hydrogen (secondary N) is 1. The lowest BCUT2D eigenvalue weighted by Gasteiger charge is -2.17. The molecule has 116 valence electrons. The zero-order valence-electron chi connectivity index (χ0n) is 13.0. The molecule has 1 amide bonds. The molecule has 1 fully saturated rings. The fourth-order valence-electron chi connectivity index (χ4n) is 3.08. The van der Waals surface area contributed by atoms with Gasteiger partial charge in [0.05, 0.1) is 0 Å². The SMILES string of the molecule is CN(C)Cc1ccc(C(=O)NCC2CCCC2CO)cc1. The summed E-state index contributed by atoms with van der Waals surface area (Å²) < 4.78 is 0. The number of rotatable bonds is 6. The average Bonchev–Trinajstić information content (AvgIpc) is 2.92. The first-order valence-corrected chi connectivity index (χ1v) is 7.73. The van der Waals surface area contributed by atoms with E-state index in [2.05, 4.69) is 10.2 Å². The van der Waals surface area contributed by atoms with Gasteiger partial charge >= 0.3 is 0 Å². The first-order chi connectivity index (χ1) is 10.1. The Labute approximate surface area is 127 Å². The smallest absolute Gasteiger partial charge is 0.251 e. The number of aliphatic hydroxyl groups is 1. The summed E-state index contributed by atoms with van der Waals surface area (Å²) in [6, 6.07) is 7.76. The Morgan fingerprint density at radius 1 is 1.24 bits per heavy atom. The van der Waals surface area contributed by atoms with E-state index < -0.39 is 0 Å². The summed E-state index contributed by atoms with van der Waals surface area (Å²) in [6.07, 6.45) is 3.34. The van der Waals surface area contributed by atoms with Crippen molar-refractivity contribution in [3.8, 4) is 0 Å². The lowest BCUT2D eigenvalue weighted by Crippen LogP contribution is -2.31. The number of nitrogens with zero attached hydrogens (tertiary/aromatic N) is 1. The standard InChI is InChI=1S/C17H26N2O2/c1-19(2)11-13-6-8-14(9-7-13)17(21)18-10-15-4-3-5-16(15)12-20/h6-9,15-16,20H,3-5,10-12H2,1-2H3,(H,18,21). The van der Waals surface area contributed by atoms with Gasteiger partial charge in [-0.3, -0.25) is 4.79 Å². The summed E-state index contributed by atoms with van der Waals surface area (Å²) in [5.74, 6) is 0.759. The maximum absolute atomic E-state index is 12.1. The van der Waals surface area contributed by atoms with Gasteiger partial charge in [0.15, 0.2) is 0 Å². The lowest BCUT2D eigenvalue weighted by molar-refractivity contribution is 0.0937. The topological polar surface area (TPSA) is 52.6 Å². The Balaban J connectivity index is 1.85. The van der Waals surface area contributed by atoms with Gasteiger partial charge in [0.2, 0.25) is 0 Å². The van der Waals surface area contributed by atoms with Gasteiger partial charge in [-0.25, -0.2) is 0 Å². The molecular weight excluding hydrogens is 264 g/mol. The third-order valence-electron chi connectivity index (χ3n) is 4.29. The number of amides is 1. The Morgan fingerprint density at radius 3 is 2.52 bits per heavy atom. The van der Waals surface area contributed by atoms with Crippen molar-refractivity contribution in [1.29, 1.82) is 0 Å². The van der Waals surface area contributed by atoms with Crippen LogP contribution in [-0.4, -0.2) is 43.2 Å². The molecule has 0 saturated heterocycles. The van der Waals surface area contributed by atoms with Crippen LogP contribution in [0.15, 0.2) is 24.3 Å². The van der Waals surface area contributed by atoms with Gasteiger partial charge in [0.1, 0.15) is 0 Å². The molecule has 1 aliphatic carbocycles. The molecule has 0 radical (unpaired) electrons. The molecule has 2 N–H and O–H groups in total. The third kappa shape index (κ3) is 4.55. The van der Waals surface area contributed by atoms with Crippen molar-refractivity contribution in [2.75, 3.05) is 27.2 Å². The molecule has 2 rings (SSSR count). The molecule has 0 spiro atoms. The van der Waals surface area contributed by atoms with Gasteiger partial charge in [-0.2, -0.15) is 0 Å². The fourth-order valence-corrected chi connectivity index (χ4v) is 3.08. The van der Waals surface area contributed by atoms with E-state index in [0.717, 1.165) is 25.8 Å². The van der Waals surface area contributed by atoms with Crippen LogP contribution >= 0.6 is 0 Å². The third-order valence-corrected chi connectivity index (χ3v) is 4.29. The van der Waals surface area contributed by atoms with E-state index in [1.807, 2.05) is 38.4 Å². The van der Waals surface area contributed by atoms with Crippen LogP contribution in [0.2, 0.25) is 0 Å². The second kappa shape index (κ2) is 7.57. The van der Waals surface area contributed by atoms with Gasteiger partial charge in [0, 0.05) is 25.3 Å². The second-order valence-electron chi connectivity index (χ2n) is 6.28. The van der Waals surface area contributed by atoms with Crippen LogP contribution in [0.5, 0.6) is 0 Å². The van der Waals surface area contributed by atoms with E-state index >= 15 is 0 Å². The molecule has 0 aromatic heterocycles. The number of aliphatic hydroxyl groups excluding tert-OH is 1. The van der Waals surface area contributed by atoms with E-state index in [1.54, 1.807) is 0 Å². The maximum Gasteiger partial charge on any atom is 0.251 e. The molecule has 2 atom stereocenters. The lowest BCUT2D eigenvalue weighted by atomic mass is 9.97. The minimum Gasteiger partial charge on any atom is -0.396 e. The van der Waals surface area contributed by atoms with Crippen LogP contribution < -0.4 is 5.32 Å². The molecule has 1 saturated carbocycles. The summed E-state index contributed by atoms with van der Waals surface area (Å²) in [7, 11) is 4.06. The van der Waals surface area contributed by atoms with Crippen molar-refractivity contribution in [1.82, 2.24) is 10.2 Å². The molecular formula is C17H26N2O2. The monoisotopic (exact) mass is 290 g/mol. The molecule has 0 bridgehead atoms. The van der Waals surface area contributed by atoms with Crippen LogP contribution in [0, 0.1) is 11.8 Å². The second-order valence-corrected chi connectivity index (χ2v) is 6.28. The Bertz CT molecular complexity index is 456. The molecule has 4 heteroatoms. The van der Waals surface area contributed by atoms with Gasteiger partial charge in [0.25, 0.3) is 5.91 Å². The van der Waals surface area contributed by atoms with E-state index in [1.165, 1.54) is 5.56 Å². The van der Waals surface area contributed by atoms with Gasteiger partial charge in [-0.15, -0.1) is 0 Å². The number of carbonyl (C=O) groups excluding carboxylic acids is 1. The van der Waals surface area contributed by atoms with Crippen molar-refractivity contribution < 1.29 is 9.90 Å². The first kappa shape index (κ1) is 16.0. The molecule has 21 heavy (non-hydrogen) atoms. The predicted molar refractivity (Wildman–Crippen MR) is 84.1 cm³/mol. The fraction of sp³-hybridized carbons (Fsp3) is 0.588. The summed E-state index contributed by atoms with van der Waals surface area (Å²) in [5, 5.41) is 12.3. The van der Waals surface area contributed by atoms with E-state index in [-0.39, 0.29) is 12.5 Å². The van der Waals surface area contributed by atoms with Gasteiger partial charge in [-0.05, 0) is 56.5 Å². The van der Waals surface area contributed by atoms with Crippen molar-refractivity contribution in [2.24, 2.45) is 11.8 Å². The quantitative estimate of drug-likeness (QED) is 0.841. The largest absolute Gasteiger partial charge is 0.396 e. The molecule has 0 heterocycles. The zero-order chi connectivity index (χ0) is 15.2. The number of hydrogen-bond acceptors (Lipinski definition) is 3. The maximum atomic E-state index is 12.1. The molecule has 2 unspecified atom stereocenters. The highest BCUT2D eigenvalue weighted by atomic mass is 16.3. The number of carbonyl (C=O) groups is 1. The van der Waals surface area contributed by atoms with Crippen LogP contribution in [0.25, 0.3) is 0 Å². The Hall–Kier alpha value is -1.39. The Morgan fingerprint density at radius 2 is 1.90 bits per heavy atom. The number of benzene rings is 1. The highest BCUT2D eigenvalue weighted by Gasteiger charge is 2.26. The summed E-state index contributed by atoms with van der Waals surface area (Å²) >= 11 is 0. The van der Waals surface area contributed by atoms with E-state index in [0.29, 0.717) is 23.9 Å². The van der Waals surface area contributed by atoms with E-state index in [9.17, 15) is 9.90 Å². The highest BCUT2D eigenvalue weighted by Crippen LogP contribution is 2.30. The minimum atomic E-state index is -0.0185. The summed E-state index contributed by atoms with van der Waals surface area (Å²) in [5.41, 5.74) is 1.91. The van der Waals surface area contributed by atoms with Crippen LogP contribution in [-0.2, 0) is 6.54 Å². The number of hydrogen-bond donors (Lipinski definition) is 2. The molecule has 0 aliphatic heterocycles. The normalized spacial score (nSPS) is 21.7. The van der Waals surface area contributed by atoms with Crippen molar-refractivity contribution in [3.63, 3.8) is 0 Å². The van der Waals surface area contributed by atoms with Crippen molar-refractivity contribution >= 4 is 5.91 Å². The zero-order valence-corrected chi connectivity index (χ0v) is 13.0. The minimum absolute atomic E-state index is 0.0185.